The van der Waals surface area contributed by atoms with E-state index in [1.54, 1.807) is 0 Å². The van der Waals surface area contributed by atoms with Gasteiger partial charge in [0.25, 0.3) is 0 Å². The lowest BCUT2D eigenvalue weighted by Gasteiger charge is -2.22. The van der Waals surface area contributed by atoms with E-state index in [0.717, 1.165) is 31.2 Å². The van der Waals surface area contributed by atoms with Gasteiger partial charge in [-0.2, -0.15) is 0 Å². The third-order valence-corrected chi connectivity index (χ3v) is 4.15. The molecule has 0 aromatic heterocycles. The van der Waals surface area contributed by atoms with Crippen molar-refractivity contribution in [2.45, 2.75) is 51.9 Å². The topological polar surface area (TPSA) is 12.5 Å². The largest absolute Gasteiger partial charge is 0.493 e. The standard InChI is InChI=1S/C19H31NO/c1-19(2,3)17-10-11-18(21-14-15-8-9-15)16(13-17)7-6-12-20(4)5/h10-11,13,15H,6-9,12,14H2,1-5H3. The molecule has 1 saturated carbocycles. The fourth-order valence-corrected chi connectivity index (χ4v) is 2.46. The van der Waals surface area contributed by atoms with Crippen molar-refractivity contribution in [1.29, 1.82) is 0 Å². The lowest BCUT2D eigenvalue weighted by Crippen LogP contribution is -2.15. The molecule has 0 radical (unpaired) electrons. The first-order valence-electron chi connectivity index (χ1n) is 8.27. The Morgan fingerprint density at radius 2 is 1.90 bits per heavy atom. The van der Waals surface area contributed by atoms with Crippen LogP contribution in [0.2, 0.25) is 0 Å². The summed E-state index contributed by atoms with van der Waals surface area (Å²) in [5, 5.41) is 0. The Hall–Kier alpha value is -1.02. The minimum absolute atomic E-state index is 0.200. The van der Waals surface area contributed by atoms with Crippen LogP contribution in [-0.2, 0) is 11.8 Å². The highest BCUT2D eigenvalue weighted by molar-refractivity contribution is 5.40. The first kappa shape index (κ1) is 16.4. The molecule has 118 valence electrons. The third-order valence-electron chi connectivity index (χ3n) is 4.15. The normalized spacial score (nSPS) is 15.5. The molecule has 2 rings (SSSR count). The molecule has 2 nitrogen and oxygen atoms in total. The van der Waals surface area contributed by atoms with Gasteiger partial charge in [0, 0.05) is 0 Å². The number of hydrogen-bond donors (Lipinski definition) is 0. The van der Waals surface area contributed by atoms with Crippen LogP contribution in [0.5, 0.6) is 5.75 Å². The molecule has 0 spiro atoms. The zero-order valence-electron chi connectivity index (χ0n) is 14.4. The van der Waals surface area contributed by atoms with Crippen LogP contribution in [0.15, 0.2) is 18.2 Å². The maximum atomic E-state index is 6.07. The van der Waals surface area contributed by atoms with Crippen molar-refractivity contribution in [3.05, 3.63) is 29.3 Å². The molecule has 0 atom stereocenters. The number of hydrogen-bond acceptors (Lipinski definition) is 2. The van der Waals surface area contributed by atoms with E-state index in [1.165, 1.54) is 30.4 Å². The molecule has 0 amide bonds. The Bertz CT molecular complexity index is 455. The highest BCUT2D eigenvalue weighted by Crippen LogP contribution is 2.32. The van der Waals surface area contributed by atoms with E-state index in [9.17, 15) is 0 Å². The number of ether oxygens (including phenoxy) is 1. The lowest BCUT2D eigenvalue weighted by atomic mass is 9.85. The molecule has 1 aliphatic carbocycles. The van der Waals surface area contributed by atoms with Gasteiger partial charge in [-0.3, -0.25) is 0 Å². The predicted molar refractivity (Wildman–Crippen MR) is 90.2 cm³/mol. The van der Waals surface area contributed by atoms with Crippen LogP contribution in [0.25, 0.3) is 0 Å². The zero-order chi connectivity index (χ0) is 15.5. The quantitative estimate of drug-likeness (QED) is 0.743. The van der Waals surface area contributed by atoms with Crippen LogP contribution in [0.4, 0.5) is 0 Å². The maximum Gasteiger partial charge on any atom is 0.122 e. The van der Waals surface area contributed by atoms with E-state index in [0.29, 0.717) is 0 Å². The second-order valence-electron chi connectivity index (χ2n) is 7.73. The Labute approximate surface area is 130 Å². The van der Waals surface area contributed by atoms with E-state index in [-0.39, 0.29) is 5.41 Å². The van der Waals surface area contributed by atoms with Crippen molar-refractivity contribution < 1.29 is 4.74 Å². The van der Waals surface area contributed by atoms with Crippen LogP contribution >= 0.6 is 0 Å². The van der Waals surface area contributed by atoms with Gasteiger partial charge in [0.2, 0.25) is 0 Å². The molecule has 1 fully saturated rings. The third kappa shape index (κ3) is 5.35. The van der Waals surface area contributed by atoms with Crippen molar-refractivity contribution in [2.24, 2.45) is 5.92 Å². The molecule has 0 saturated heterocycles. The summed E-state index contributed by atoms with van der Waals surface area (Å²) in [5.74, 6) is 1.91. The molecule has 0 heterocycles. The van der Waals surface area contributed by atoms with Gasteiger partial charge < -0.3 is 9.64 Å². The zero-order valence-corrected chi connectivity index (χ0v) is 14.4. The van der Waals surface area contributed by atoms with E-state index in [2.05, 4.69) is 58.0 Å². The number of rotatable bonds is 7. The summed E-state index contributed by atoms with van der Waals surface area (Å²) >= 11 is 0. The van der Waals surface area contributed by atoms with Crippen molar-refractivity contribution in [3.63, 3.8) is 0 Å². The van der Waals surface area contributed by atoms with E-state index < -0.39 is 0 Å². The molecular formula is C19H31NO. The Morgan fingerprint density at radius 1 is 1.19 bits per heavy atom. The first-order valence-corrected chi connectivity index (χ1v) is 8.27. The Morgan fingerprint density at radius 3 is 2.48 bits per heavy atom. The summed E-state index contributed by atoms with van der Waals surface area (Å²) < 4.78 is 6.07. The Kier molecular flexibility index (Phi) is 5.32. The van der Waals surface area contributed by atoms with Gasteiger partial charge in [0.1, 0.15) is 5.75 Å². The summed E-state index contributed by atoms with van der Waals surface area (Å²) in [4.78, 5) is 2.25. The average molecular weight is 289 g/mol. The van der Waals surface area contributed by atoms with Crippen LogP contribution in [0.1, 0.15) is 51.2 Å². The smallest absolute Gasteiger partial charge is 0.122 e. The second-order valence-corrected chi connectivity index (χ2v) is 7.73. The van der Waals surface area contributed by atoms with Gasteiger partial charge in [-0.05, 0) is 74.8 Å². The van der Waals surface area contributed by atoms with E-state index >= 15 is 0 Å². The highest BCUT2D eigenvalue weighted by Gasteiger charge is 2.23. The maximum absolute atomic E-state index is 6.07. The number of aryl methyl sites for hydroxylation is 1. The summed E-state index contributed by atoms with van der Waals surface area (Å²) in [5.41, 5.74) is 2.98. The van der Waals surface area contributed by atoms with Crippen molar-refractivity contribution in [1.82, 2.24) is 4.90 Å². The molecule has 0 bridgehead atoms. The minimum Gasteiger partial charge on any atom is -0.493 e. The first-order chi connectivity index (χ1) is 9.86. The lowest BCUT2D eigenvalue weighted by molar-refractivity contribution is 0.295. The van der Waals surface area contributed by atoms with Crippen molar-refractivity contribution in [3.8, 4) is 5.75 Å². The fraction of sp³-hybridized carbons (Fsp3) is 0.684. The van der Waals surface area contributed by atoms with E-state index in [1.807, 2.05) is 0 Å². The highest BCUT2D eigenvalue weighted by atomic mass is 16.5. The summed E-state index contributed by atoms with van der Waals surface area (Å²) in [6, 6.07) is 6.78. The SMILES string of the molecule is CN(C)CCCc1cc(C(C)(C)C)ccc1OCC1CC1. The molecular weight excluding hydrogens is 258 g/mol. The van der Waals surface area contributed by atoms with Crippen LogP contribution in [0, 0.1) is 5.92 Å². The molecule has 0 N–H and O–H groups in total. The van der Waals surface area contributed by atoms with Gasteiger partial charge in [-0.15, -0.1) is 0 Å². The van der Waals surface area contributed by atoms with Crippen molar-refractivity contribution >= 4 is 0 Å². The van der Waals surface area contributed by atoms with Gasteiger partial charge in [0.05, 0.1) is 6.61 Å². The van der Waals surface area contributed by atoms with Crippen LogP contribution < -0.4 is 4.74 Å². The molecule has 0 unspecified atom stereocenters. The Balaban J connectivity index is 2.08. The molecule has 1 aromatic rings. The summed E-state index contributed by atoms with van der Waals surface area (Å²) in [6.07, 6.45) is 4.97. The summed E-state index contributed by atoms with van der Waals surface area (Å²) in [7, 11) is 4.27. The van der Waals surface area contributed by atoms with Gasteiger partial charge in [0.15, 0.2) is 0 Å². The second kappa shape index (κ2) is 6.83. The predicted octanol–water partition coefficient (Wildman–Crippen LogP) is 4.27. The fourth-order valence-electron chi connectivity index (χ4n) is 2.46. The molecule has 0 aliphatic heterocycles. The minimum atomic E-state index is 0.200. The molecule has 21 heavy (non-hydrogen) atoms. The molecule has 1 aromatic carbocycles. The van der Waals surface area contributed by atoms with Crippen LogP contribution in [0.3, 0.4) is 0 Å². The average Bonchev–Trinajstić information content (AvgIpc) is 3.19. The monoisotopic (exact) mass is 289 g/mol. The van der Waals surface area contributed by atoms with Crippen LogP contribution in [-0.4, -0.2) is 32.1 Å². The van der Waals surface area contributed by atoms with Gasteiger partial charge >= 0.3 is 0 Å². The molecule has 2 heteroatoms. The number of nitrogens with zero attached hydrogens (tertiary/aromatic N) is 1. The van der Waals surface area contributed by atoms with Gasteiger partial charge in [-0.1, -0.05) is 32.9 Å². The number of benzene rings is 1. The molecule has 1 aliphatic rings. The van der Waals surface area contributed by atoms with Gasteiger partial charge in [-0.25, -0.2) is 0 Å². The summed E-state index contributed by atoms with van der Waals surface area (Å²) in [6.45, 7) is 8.85. The van der Waals surface area contributed by atoms with Crippen molar-refractivity contribution in [2.75, 3.05) is 27.2 Å². The van der Waals surface area contributed by atoms with E-state index in [4.69, 9.17) is 4.74 Å².